The second kappa shape index (κ2) is 4.99. The molecule has 2 N–H and O–H groups in total. The number of rotatable bonds is 5. The summed E-state index contributed by atoms with van der Waals surface area (Å²) in [5.74, 6) is 0. The number of aliphatic hydroxyl groups excluding tert-OH is 1. The first-order valence-corrected chi connectivity index (χ1v) is 4.71. The molecule has 0 amide bonds. The van der Waals surface area contributed by atoms with Crippen molar-refractivity contribution in [1.29, 1.82) is 0 Å². The topological polar surface area (TPSA) is 32.3 Å². The first-order valence-electron chi connectivity index (χ1n) is 3.49. The monoisotopic (exact) mass is 163 g/mol. The molecule has 62 valence electrons. The Labute approximate surface area is 67.4 Å². The van der Waals surface area contributed by atoms with Gasteiger partial charge in [-0.2, -0.15) is 11.8 Å². The van der Waals surface area contributed by atoms with E-state index in [1.165, 1.54) is 0 Å². The van der Waals surface area contributed by atoms with Gasteiger partial charge in [0.05, 0.1) is 6.61 Å². The summed E-state index contributed by atoms with van der Waals surface area (Å²) >= 11 is 1.83. The minimum absolute atomic E-state index is 0.227. The zero-order valence-corrected chi connectivity index (χ0v) is 7.79. The molecule has 0 saturated heterocycles. The summed E-state index contributed by atoms with van der Waals surface area (Å²) < 4.78 is 0.287. The molecule has 0 saturated carbocycles. The van der Waals surface area contributed by atoms with Crippen molar-refractivity contribution in [1.82, 2.24) is 5.32 Å². The predicted molar refractivity (Wildman–Crippen MR) is 47.5 cm³/mol. The lowest BCUT2D eigenvalue weighted by molar-refractivity contribution is 0.291. The Morgan fingerprint density at radius 2 is 2.10 bits per heavy atom. The van der Waals surface area contributed by atoms with E-state index in [0.29, 0.717) is 6.54 Å². The normalized spacial score (nSPS) is 12.0. The highest BCUT2D eigenvalue weighted by atomic mass is 32.2. The van der Waals surface area contributed by atoms with Gasteiger partial charge in [0.1, 0.15) is 0 Å². The molecule has 0 heterocycles. The van der Waals surface area contributed by atoms with Gasteiger partial charge in [-0.15, -0.1) is 0 Å². The van der Waals surface area contributed by atoms with Gasteiger partial charge in [-0.25, -0.2) is 0 Å². The molecular weight excluding hydrogens is 146 g/mol. The van der Waals surface area contributed by atoms with Crippen molar-refractivity contribution >= 4 is 11.8 Å². The maximum atomic E-state index is 8.47. The summed E-state index contributed by atoms with van der Waals surface area (Å²) in [4.78, 5) is 0. The molecule has 0 rings (SSSR count). The Morgan fingerprint density at radius 3 is 2.50 bits per heavy atom. The van der Waals surface area contributed by atoms with Gasteiger partial charge < -0.3 is 10.4 Å². The SMILES string of the molecule is CSC(C)(C)CNCCO. The van der Waals surface area contributed by atoms with E-state index in [1.54, 1.807) is 0 Å². The highest BCUT2D eigenvalue weighted by Crippen LogP contribution is 2.19. The number of nitrogens with one attached hydrogen (secondary N) is 1. The highest BCUT2D eigenvalue weighted by Gasteiger charge is 2.13. The van der Waals surface area contributed by atoms with E-state index < -0.39 is 0 Å². The molecule has 0 bridgehead atoms. The van der Waals surface area contributed by atoms with Gasteiger partial charge in [-0.05, 0) is 20.1 Å². The Morgan fingerprint density at radius 1 is 1.50 bits per heavy atom. The minimum Gasteiger partial charge on any atom is -0.395 e. The standard InChI is InChI=1S/C7H17NOS/c1-7(2,10-3)6-8-4-5-9/h8-9H,4-6H2,1-3H3. The molecule has 0 aromatic carbocycles. The fraction of sp³-hybridized carbons (Fsp3) is 1.00. The van der Waals surface area contributed by atoms with Crippen LogP contribution in [0.25, 0.3) is 0 Å². The molecule has 0 aliphatic carbocycles. The summed E-state index contributed by atoms with van der Waals surface area (Å²) in [6, 6.07) is 0. The molecule has 0 aliphatic heterocycles. The molecule has 0 aromatic rings. The minimum atomic E-state index is 0.227. The van der Waals surface area contributed by atoms with Crippen molar-refractivity contribution < 1.29 is 5.11 Å². The van der Waals surface area contributed by atoms with Crippen molar-refractivity contribution in [2.75, 3.05) is 26.0 Å². The second-order valence-electron chi connectivity index (χ2n) is 2.86. The van der Waals surface area contributed by atoms with Crippen molar-refractivity contribution in [3.8, 4) is 0 Å². The van der Waals surface area contributed by atoms with Crippen LogP contribution in [0.15, 0.2) is 0 Å². The summed E-state index contributed by atoms with van der Waals surface area (Å²) in [5, 5.41) is 11.6. The predicted octanol–water partition coefficient (Wildman–Crippen LogP) is 0.710. The fourth-order valence-corrected chi connectivity index (χ4v) is 0.787. The van der Waals surface area contributed by atoms with Crippen LogP contribution >= 0.6 is 11.8 Å². The molecule has 2 nitrogen and oxygen atoms in total. The van der Waals surface area contributed by atoms with Crippen LogP contribution < -0.4 is 5.32 Å². The Balaban J connectivity index is 3.28. The third-order valence-corrected chi connectivity index (χ3v) is 2.64. The summed E-state index contributed by atoms with van der Waals surface area (Å²) in [7, 11) is 0. The molecule has 0 radical (unpaired) electrons. The average molecular weight is 163 g/mol. The van der Waals surface area contributed by atoms with Crippen LogP contribution in [0.5, 0.6) is 0 Å². The zero-order chi connectivity index (χ0) is 8.04. The van der Waals surface area contributed by atoms with Gasteiger partial charge in [0.15, 0.2) is 0 Å². The van der Waals surface area contributed by atoms with Gasteiger partial charge in [-0.3, -0.25) is 0 Å². The van der Waals surface area contributed by atoms with Crippen molar-refractivity contribution in [3.63, 3.8) is 0 Å². The van der Waals surface area contributed by atoms with Gasteiger partial charge in [0, 0.05) is 17.8 Å². The maximum absolute atomic E-state index is 8.47. The molecule has 0 aliphatic rings. The van der Waals surface area contributed by atoms with Crippen LogP contribution in [0.1, 0.15) is 13.8 Å². The Hall–Kier alpha value is 0.270. The van der Waals surface area contributed by atoms with E-state index in [4.69, 9.17) is 5.11 Å². The van der Waals surface area contributed by atoms with E-state index in [2.05, 4.69) is 25.4 Å². The third kappa shape index (κ3) is 5.09. The molecule has 10 heavy (non-hydrogen) atoms. The molecule has 0 aromatic heterocycles. The van der Waals surface area contributed by atoms with E-state index in [1.807, 2.05) is 11.8 Å². The number of thioether (sulfide) groups is 1. The van der Waals surface area contributed by atoms with Crippen LogP contribution in [0.2, 0.25) is 0 Å². The highest BCUT2D eigenvalue weighted by molar-refractivity contribution is 7.99. The molecule has 0 atom stereocenters. The lowest BCUT2D eigenvalue weighted by atomic mass is 10.2. The van der Waals surface area contributed by atoms with Crippen LogP contribution in [-0.2, 0) is 0 Å². The summed E-state index contributed by atoms with van der Waals surface area (Å²) in [6.45, 7) is 6.24. The fourth-order valence-electron chi connectivity index (χ4n) is 0.541. The number of aliphatic hydroxyl groups is 1. The van der Waals surface area contributed by atoms with Gasteiger partial charge >= 0.3 is 0 Å². The lowest BCUT2D eigenvalue weighted by Crippen LogP contribution is -2.33. The van der Waals surface area contributed by atoms with Crippen LogP contribution in [0.3, 0.4) is 0 Å². The summed E-state index contributed by atoms with van der Waals surface area (Å²) in [6.07, 6.45) is 2.10. The molecule has 0 unspecified atom stereocenters. The molecule has 0 spiro atoms. The first-order chi connectivity index (χ1) is 4.62. The van der Waals surface area contributed by atoms with Crippen LogP contribution in [-0.4, -0.2) is 35.8 Å². The largest absolute Gasteiger partial charge is 0.395 e. The first kappa shape index (κ1) is 10.3. The van der Waals surface area contributed by atoms with Crippen LogP contribution in [0.4, 0.5) is 0 Å². The van der Waals surface area contributed by atoms with Crippen molar-refractivity contribution in [2.24, 2.45) is 0 Å². The van der Waals surface area contributed by atoms with Gasteiger partial charge in [0.25, 0.3) is 0 Å². The van der Waals surface area contributed by atoms with Crippen molar-refractivity contribution in [2.45, 2.75) is 18.6 Å². The van der Waals surface area contributed by atoms with E-state index in [0.717, 1.165) is 6.54 Å². The van der Waals surface area contributed by atoms with Crippen LogP contribution in [0, 0.1) is 0 Å². The quantitative estimate of drug-likeness (QED) is 0.585. The van der Waals surface area contributed by atoms with Crippen molar-refractivity contribution in [3.05, 3.63) is 0 Å². The summed E-state index contributed by atoms with van der Waals surface area (Å²) in [5.41, 5.74) is 0. The third-order valence-electron chi connectivity index (χ3n) is 1.39. The lowest BCUT2D eigenvalue weighted by Gasteiger charge is -2.21. The Kier molecular flexibility index (Phi) is 5.13. The zero-order valence-electron chi connectivity index (χ0n) is 6.98. The molecular formula is C7H17NOS. The average Bonchev–Trinajstić information content (AvgIpc) is 1.89. The maximum Gasteiger partial charge on any atom is 0.0555 e. The molecule has 0 fully saturated rings. The smallest absolute Gasteiger partial charge is 0.0555 e. The Bertz CT molecular complexity index is 85.7. The molecule has 3 heteroatoms. The van der Waals surface area contributed by atoms with Gasteiger partial charge in [-0.1, -0.05) is 0 Å². The number of hydrogen-bond donors (Lipinski definition) is 2. The van der Waals surface area contributed by atoms with E-state index in [-0.39, 0.29) is 11.4 Å². The van der Waals surface area contributed by atoms with E-state index in [9.17, 15) is 0 Å². The number of hydrogen-bond acceptors (Lipinski definition) is 3. The van der Waals surface area contributed by atoms with E-state index >= 15 is 0 Å². The van der Waals surface area contributed by atoms with Gasteiger partial charge in [0.2, 0.25) is 0 Å². The second-order valence-corrected chi connectivity index (χ2v) is 4.38.